The summed E-state index contributed by atoms with van der Waals surface area (Å²) >= 11 is 0. The number of aliphatic hydroxyl groups excluding tert-OH is 1. The lowest BCUT2D eigenvalue weighted by atomic mass is 10.3. The van der Waals surface area contributed by atoms with Crippen LogP contribution < -0.4 is 5.32 Å². The fraction of sp³-hybridized carbons (Fsp3) is 0.833. The number of halogens is 1. The summed E-state index contributed by atoms with van der Waals surface area (Å²) in [7, 11) is -4.27. The minimum Gasteiger partial charge on any atom is -0.384 e. The van der Waals surface area contributed by atoms with Crippen molar-refractivity contribution in [2.45, 2.75) is 19.4 Å². The predicted molar refractivity (Wildman–Crippen MR) is 56.0 cm³/mol. The maximum Gasteiger partial charge on any atom is 0.264 e. The Kier molecular flexibility index (Phi) is 6.08. The van der Waals surface area contributed by atoms with Gasteiger partial charge in [-0.1, -0.05) is 0 Å². The molecule has 8 heteroatoms. The molecule has 0 fully saturated rings. The highest BCUT2D eigenvalue weighted by atomic mass is 79.9. The third-order valence-corrected chi connectivity index (χ3v) is 1.80. The number of amides is 1. The van der Waals surface area contributed by atoms with Crippen molar-refractivity contribution in [2.24, 2.45) is 0 Å². The standard InChI is InChI=1S/C6H13NO5S.BrH/c1-5(8)6(9)7-3-2-4-13(10,11)12;/h5,8H,2-4H2,1H3,(H,7,9)(H,10,11,12);1H/i3D2;. The van der Waals surface area contributed by atoms with Crippen molar-refractivity contribution in [3.05, 3.63) is 0 Å². The Morgan fingerprint density at radius 2 is 2.14 bits per heavy atom. The average Bonchev–Trinajstić information content (AvgIpc) is 1.99. The summed E-state index contributed by atoms with van der Waals surface area (Å²) in [5.74, 6) is -1.75. The van der Waals surface area contributed by atoms with E-state index in [9.17, 15) is 13.2 Å². The predicted octanol–water partition coefficient (Wildman–Crippen LogP) is -0.661. The molecule has 0 saturated carbocycles. The van der Waals surface area contributed by atoms with Gasteiger partial charge in [-0.15, -0.1) is 17.0 Å². The molecule has 0 aromatic rings. The second-order valence-electron chi connectivity index (χ2n) is 2.38. The van der Waals surface area contributed by atoms with Gasteiger partial charge in [0.2, 0.25) is 5.91 Å². The molecule has 1 atom stereocenters. The molecule has 86 valence electrons. The summed E-state index contributed by atoms with van der Waals surface area (Å²) in [6, 6.07) is 0. The number of carbonyl (C=O) groups excluding carboxylic acids is 1. The molecule has 0 heterocycles. The van der Waals surface area contributed by atoms with Gasteiger partial charge in [-0.05, 0) is 13.3 Å². The fourth-order valence-corrected chi connectivity index (χ4v) is 0.794. The third-order valence-electron chi connectivity index (χ3n) is 1.08. The molecule has 0 spiro atoms. The monoisotopic (exact) mass is 293 g/mol. The molecule has 3 N–H and O–H groups in total. The van der Waals surface area contributed by atoms with Crippen molar-refractivity contribution in [2.75, 3.05) is 12.2 Å². The summed E-state index contributed by atoms with van der Waals surface area (Å²) in [6.45, 7) is -1.14. The first-order valence-corrected chi connectivity index (χ1v) is 5.10. The highest BCUT2D eigenvalue weighted by molar-refractivity contribution is 8.93. The van der Waals surface area contributed by atoms with Crippen molar-refractivity contribution in [1.29, 1.82) is 0 Å². The average molecular weight is 294 g/mol. The van der Waals surface area contributed by atoms with Gasteiger partial charge >= 0.3 is 0 Å². The van der Waals surface area contributed by atoms with Crippen molar-refractivity contribution < 1.29 is 25.6 Å². The van der Waals surface area contributed by atoms with Gasteiger partial charge in [0.15, 0.2) is 0 Å². The van der Waals surface area contributed by atoms with Crippen LogP contribution >= 0.6 is 17.0 Å². The lowest BCUT2D eigenvalue weighted by Crippen LogP contribution is -2.33. The maximum atomic E-state index is 10.9. The van der Waals surface area contributed by atoms with Crippen molar-refractivity contribution in [3.63, 3.8) is 0 Å². The van der Waals surface area contributed by atoms with Crippen LogP contribution in [-0.2, 0) is 14.9 Å². The number of nitrogens with one attached hydrogen (secondary N) is 1. The third kappa shape index (κ3) is 9.90. The summed E-state index contributed by atoms with van der Waals surface area (Å²) < 4.78 is 43.4. The largest absolute Gasteiger partial charge is 0.384 e. The smallest absolute Gasteiger partial charge is 0.264 e. The summed E-state index contributed by atoms with van der Waals surface area (Å²) in [6.07, 6.45) is -1.98. The molecule has 0 bridgehead atoms. The van der Waals surface area contributed by atoms with Crippen molar-refractivity contribution in [1.82, 2.24) is 5.32 Å². The Morgan fingerprint density at radius 3 is 2.50 bits per heavy atom. The Labute approximate surface area is 96.0 Å². The quantitative estimate of drug-likeness (QED) is 0.584. The van der Waals surface area contributed by atoms with E-state index in [2.05, 4.69) is 0 Å². The second kappa shape index (κ2) is 7.16. The van der Waals surface area contributed by atoms with Gasteiger partial charge in [-0.2, -0.15) is 8.42 Å². The van der Waals surface area contributed by atoms with Crippen LogP contribution in [0.25, 0.3) is 0 Å². The van der Waals surface area contributed by atoms with Gasteiger partial charge in [0.1, 0.15) is 6.10 Å². The zero-order valence-corrected chi connectivity index (χ0v) is 9.96. The van der Waals surface area contributed by atoms with Crippen molar-refractivity contribution >= 4 is 33.0 Å². The highest BCUT2D eigenvalue weighted by Crippen LogP contribution is 1.87. The van der Waals surface area contributed by atoms with Gasteiger partial charge in [-0.3, -0.25) is 9.35 Å². The van der Waals surface area contributed by atoms with Gasteiger partial charge < -0.3 is 10.4 Å². The van der Waals surface area contributed by atoms with Crippen LogP contribution in [-0.4, -0.2) is 42.3 Å². The molecule has 0 saturated heterocycles. The SMILES string of the molecule is Br.[2H]C([2H])(CCS(=O)(=O)O)NC(=O)C(C)O. The van der Waals surface area contributed by atoms with Crippen molar-refractivity contribution in [3.8, 4) is 0 Å². The normalized spacial score (nSPS) is 15.9. The minimum atomic E-state index is -4.27. The number of aliphatic hydroxyl groups is 1. The lowest BCUT2D eigenvalue weighted by molar-refractivity contribution is -0.128. The first kappa shape index (κ1) is 11.9. The first-order chi connectivity index (χ1) is 6.53. The molecule has 0 aliphatic carbocycles. The fourth-order valence-electron chi connectivity index (χ4n) is 0.434. The second-order valence-corrected chi connectivity index (χ2v) is 3.95. The molecule has 0 aromatic carbocycles. The van der Waals surface area contributed by atoms with Gasteiger partial charge in [0.05, 0.1) is 5.75 Å². The maximum absolute atomic E-state index is 10.9. The van der Waals surface area contributed by atoms with Crippen LogP contribution in [0.15, 0.2) is 0 Å². The number of hydrogen-bond donors (Lipinski definition) is 3. The lowest BCUT2D eigenvalue weighted by Gasteiger charge is -2.05. The first-order valence-electron chi connectivity index (χ1n) is 4.49. The number of hydrogen-bond acceptors (Lipinski definition) is 4. The molecule has 0 rings (SSSR count). The van der Waals surface area contributed by atoms with Crippen LogP contribution in [0.1, 0.15) is 16.1 Å². The Balaban J connectivity index is 0. The number of carbonyl (C=O) groups is 1. The van der Waals surface area contributed by atoms with E-state index in [0.29, 0.717) is 0 Å². The van der Waals surface area contributed by atoms with Crippen LogP contribution in [0, 0.1) is 0 Å². The molecule has 14 heavy (non-hydrogen) atoms. The van der Waals surface area contributed by atoms with Gasteiger partial charge in [0, 0.05) is 9.24 Å². The topological polar surface area (TPSA) is 104 Å². The van der Waals surface area contributed by atoms with Gasteiger partial charge in [-0.25, -0.2) is 0 Å². The molecule has 0 aliphatic rings. The van der Waals surface area contributed by atoms with Crippen LogP contribution in [0.4, 0.5) is 0 Å². The van der Waals surface area contributed by atoms with E-state index in [1.807, 2.05) is 0 Å². The molecule has 0 radical (unpaired) electrons. The molecule has 0 aromatic heterocycles. The molecule has 1 unspecified atom stereocenters. The van der Waals surface area contributed by atoms with E-state index in [1.165, 1.54) is 0 Å². The Morgan fingerprint density at radius 1 is 1.64 bits per heavy atom. The van der Waals surface area contributed by atoms with E-state index in [4.69, 9.17) is 12.4 Å². The molecular formula is C6H14BrNO5S. The van der Waals surface area contributed by atoms with Crippen LogP contribution in [0.2, 0.25) is 0 Å². The van der Waals surface area contributed by atoms with E-state index < -0.39 is 40.8 Å². The summed E-state index contributed by atoms with van der Waals surface area (Å²) in [4.78, 5) is 10.9. The van der Waals surface area contributed by atoms with E-state index in [-0.39, 0.29) is 17.0 Å². The molecule has 0 aliphatic heterocycles. The molecular weight excluding hydrogens is 278 g/mol. The molecule has 6 nitrogen and oxygen atoms in total. The van der Waals surface area contributed by atoms with Crippen LogP contribution in [0.5, 0.6) is 0 Å². The summed E-state index contributed by atoms with van der Waals surface area (Å²) in [5.41, 5.74) is 0. The number of rotatable bonds is 5. The van der Waals surface area contributed by atoms with Gasteiger partial charge in [0.25, 0.3) is 10.1 Å². The highest BCUT2D eigenvalue weighted by Gasteiger charge is 2.08. The zero-order chi connectivity index (χ0) is 12.3. The van der Waals surface area contributed by atoms with E-state index in [0.717, 1.165) is 6.92 Å². The zero-order valence-electron chi connectivity index (χ0n) is 9.43. The Hall–Kier alpha value is -0.180. The Bertz CT molecular complexity index is 332. The van der Waals surface area contributed by atoms with E-state index in [1.54, 1.807) is 5.32 Å². The molecule has 1 amide bonds. The minimum absolute atomic E-state index is 0. The van der Waals surface area contributed by atoms with E-state index >= 15 is 0 Å². The van der Waals surface area contributed by atoms with Crippen LogP contribution in [0.3, 0.4) is 0 Å². The summed E-state index contributed by atoms with van der Waals surface area (Å²) in [5, 5.41) is 10.6.